The molecule has 0 bridgehead atoms. The Bertz CT molecular complexity index is 389. The number of hydrogen-bond donors (Lipinski definition) is 2. The quantitative estimate of drug-likeness (QED) is 0.646. The Morgan fingerprint density at radius 2 is 1.42 bits per heavy atom. The molecule has 0 unspecified atom stereocenters. The predicted molar refractivity (Wildman–Crippen MR) is 90.1 cm³/mol. The lowest BCUT2D eigenvalue weighted by Crippen LogP contribution is -2.40. The van der Waals surface area contributed by atoms with Crippen molar-refractivity contribution in [3.63, 3.8) is 0 Å². The molecule has 0 heterocycles. The van der Waals surface area contributed by atoms with Crippen molar-refractivity contribution < 1.29 is 28.8 Å². The van der Waals surface area contributed by atoms with Crippen LogP contribution in [0.4, 0.5) is 4.79 Å². The number of nitrogens with one attached hydrogen (secondary N) is 1. The van der Waals surface area contributed by atoms with Gasteiger partial charge in [-0.15, -0.1) is 12.4 Å². The number of carbonyl (C=O) groups is 3. The van der Waals surface area contributed by atoms with Crippen LogP contribution in [0.2, 0.25) is 0 Å². The molecule has 0 saturated heterocycles. The normalized spacial score (nSPS) is 9.67. The summed E-state index contributed by atoms with van der Waals surface area (Å²) in [5, 5.41) is 4.43. The third-order valence-corrected chi connectivity index (χ3v) is 2.21. The van der Waals surface area contributed by atoms with Gasteiger partial charge in [0.05, 0.1) is 20.8 Å². The van der Waals surface area contributed by atoms with Crippen molar-refractivity contribution in [2.75, 3.05) is 41.4 Å². The number of hydroxylamine groups is 4. The molecule has 24 heavy (non-hydrogen) atoms. The second-order valence-corrected chi connectivity index (χ2v) is 5.21. The predicted octanol–water partition coefficient (Wildman–Crippen LogP) is -0.0824. The molecule has 10 nitrogen and oxygen atoms in total. The van der Waals surface area contributed by atoms with Crippen LogP contribution >= 0.6 is 12.4 Å². The fourth-order valence-corrected chi connectivity index (χ4v) is 0.905. The monoisotopic (exact) mass is 372 g/mol. The Morgan fingerprint density at radius 3 is 1.71 bits per heavy atom. The molecule has 0 atom stereocenters. The first-order valence-corrected chi connectivity index (χ1v) is 6.76. The van der Waals surface area contributed by atoms with E-state index in [2.05, 4.69) is 15.0 Å². The number of ether oxygens (including phenoxy) is 1. The van der Waals surface area contributed by atoms with E-state index in [0.717, 1.165) is 10.1 Å². The minimum absolute atomic E-state index is 0. The second-order valence-electron chi connectivity index (χ2n) is 5.21. The Kier molecular flexibility index (Phi) is 15.6. The molecule has 0 aromatic carbocycles. The summed E-state index contributed by atoms with van der Waals surface area (Å²) in [7, 11) is 5.74. The summed E-state index contributed by atoms with van der Waals surface area (Å²) in [4.78, 5) is 41.9. The van der Waals surface area contributed by atoms with Crippen LogP contribution in [0.3, 0.4) is 0 Å². The number of nitrogens with two attached hydrogens (primary N) is 1. The number of nitrogens with zero attached hydrogens (tertiary/aromatic N) is 2. The number of hydrogen-bond acceptors (Lipinski definition) is 7. The van der Waals surface area contributed by atoms with Crippen LogP contribution in [0.25, 0.3) is 0 Å². The Hall–Kier alpha value is -1.62. The summed E-state index contributed by atoms with van der Waals surface area (Å²) < 4.78 is 4.94. The van der Waals surface area contributed by atoms with Gasteiger partial charge in [0.25, 0.3) is 11.8 Å². The van der Waals surface area contributed by atoms with E-state index in [1.807, 2.05) is 0 Å². The molecule has 0 saturated carbocycles. The number of alkyl carbamates (subject to hydrolysis) is 1. The van der Waals surface area contributed by atoms with Gasteiger partial charge in [0, 0.05) is 14.1 Å². The first-order valence-electron chi connectivity index (χ1n) is 6.76. The number of likely N-dealkylation sites (N-methyl/N-ethyl adjacent to an activating group) is 2. The summed E-state index contributed by atoms with van der Waals surface area (Å²) >= 11 is 0. The highest BCUT2D eigenvalue weighted by Crippen LogP contribution is 2.06. The zero-order valence-corrected chi connectivity index (χ0v) is 16.1. The van der Waals surface area contributed by atoms with Crippen LogP contribution in [-0.4, -0.2) is 75.0 Å². The van der Waals surface area contributed by atoms with E-state index in [9.17, 15) is 14.4 Å². The van der Waals surface area contributed by atoms with Gasteiger partial charge in [0.1, 0.15) is 12.1 Å². The van der Waals surface area contributed by atoms with Gasteiger partial charge in [0.15, 0.2) is 0 Å². The van der Waals surface area contributed by atoms with E-state index in [4.69, 9.17) is 10.5 Å². The average molecular weight is 373 g/mol. The molecule has 0 spiro atoms. The number of amides is 3. The maximum absolute atomic E-state index is 11.2. The number of carbonyl (C=O) groups excluding carboxylic acids is 3. The highest BCUT2D eigenvalue weighted by atomic mass is 35.5. The second kappa shape index (κ2) is 13.8. The first kappa shape index (κ1) is 27.2. The van der Waals surface area contributed by atoms with Crippen LogP contribution in [0.1, 0.15) is 20.8 Å². The van der Waals surface area contributed by atoms with Crippen molar-refractivity contribution in [2.45, 2.75) is 26.4 Å². The van der Waals surface area contributed by atoms with Crippen LogP contribution in [0.5, 0.6) is 0 Å². The standard InChI is InChI=1S/C9H18N2O4.C4H10N2O2.ClH/c1-9(2,3)15-8(13)10-6-7(12)11(4)14-5;1-6(8-2)4(7)3-5;/h6H2,1-5H3,(H,10,13);3,5H2,1-2H3;1H. The minimum Gasteiger partial charge on any atom is -0.444 e. The molecule has 0 aromatic heterocycles. The molecule has 0 aliphatic rings. The Morgan fingerprint density at radius 1 is 1.00 bits per heavy atom. The largest absolute Gasteiger partial charge is 0.444 e. The van der Waals surface area contributed by atoms with Crippen LogP contribution < -0.4 is 11.1 Å². The molecule has 0 radical (unpaired) electrons. The highest BCUT2D eigenvalue weighted by molar-refractivity contribution is 5.85. The third-order valence-electron chi connectivity index (χ3n) is 2.21. The van der Waals surface area contributed by atoms with Gasteiger partial charge in [0.2, 0.25) is 0 Å². The maximum Gasteiger partial charge on any atom is 0.408 e. The zero-order valence-electron chi connectivity index (χ0n) is 15.2. The number of rotatable bonds is 5. The summed E-state index contributed by atoms with van der Waals surface area (Å²) in [6, 6.07) is 0. The summed E-state index contributed by atoms with van der Waals surface area (Å²) in [5.74, 6) is -0.587. The van der Waals surface area contributed by atoms with E-state index < -0.39 is 11.7 Å². The van der Waals surface area contributed by atoms with Gasteiger partial charge in [-0.1, -0.05) is 0 Å². The van der Waals surface area contributed by atoms with Gasteiger partial charge in [-0.25, -0.2) is 14.9 Å². The van der Waals surface area contributed by atoms with Crippen molar-refractivity contribution in [3.8, 4) is 0 Å². The van der Waals surface area contributed by atoms with Crippen molar-refractivity contribution in [1.29, 1.82) is 0 Å². The van der Waals surface area contributed by atoms with Gasteiger partial charge < -0.3 is 15.8 Å². The van der Waals surface area contributed by atoms with Crippen LogP contribution in [0, 0.1) is 0 Å². The molecular weight excluding hydrogens is 344 g/mol. The molecule has 0 aliphatic carbocycles. The molecule has 11 heteroatoms. The van der Waals surface area contributed by atoms with Crippen molar-refractivity contribution in [3.05, 3.63) is 0 Å². The van der Waals surface area contributed by atoms with Gasteiger partial charge in [-0.2, -0.15) is 0 Å². The smallest absolute Gasteiger partial charge is 0.408 e. The summed E-state index contributed by atoms with van der Waals surface area (Å²) in [6.45, 7) is 5.07. The molecule has 0 rings (SSSR count). The van der Waals surface area contributed by atoms with Crippen LogP contribution in [0.15, 0.2) is 0 Å². The lowest BCUT2D eigenvalue weighted by molar-refractivity contribution is -0.167. The van der Waals surface area contributed by atoms with Gasteiger partial charge in [-0.05, 0) is 20.8 Å². The topological polar surface area (TPSA) is 123 Å². The molecular formula is C13H29ClN4O6. The fraction of sp³-hybridized carbons (Fsp3) is 0.769. The van der Waals surface area contributed by atoms with Gasteiger partial charge in [-0.3, -0.25) is 19.3 Å². The lowest BCUT2D eigenvalue weighted by Gasteiger charge is -2.20. The number of halogens is 1. The van der Waals surface area contributed by atoms with Crippen molar-refractivity contribution in [1.82, 2.24) is 15.4 Å². The molecule has 144 valence electrons. The van der Waals surface area contributed by atoms with E-state index in [-0.39, 0.29) is 37.3 Å². The summed E-state index contributed by atoms with van der Waals surface area (Å²) in [5.41, 5.74) is 4.41. The Balaban J connectivity index is -0.000000419. The zero-order chi connectivity index (χ0) is 18.6. The molecule has 0 fully saturated rings. The van der Waals surface area contributed by atoms with Crippen molar-refractivity contribution >= 4 is 30.3 Å². The molecule has 0 aromatic rings. The maximum atomic E-state index is 11.2. The van der Waals surface area contributed by atoms with E-state index >= 15 is 0 Å². The highest BCUT2D eigenvalue weighted by Gasteiger charge is 2.17. The summed E-state index contributed by atoms with van der Waals surface area (Å²) in [6.07, 6.45) is -0.625. The SMILES string of the molecule is CON(C)C(=O)CN.CON(C)C(=O)CNC(=O)OC(C)(C)C.Cl. The molecule has 3 amide bonds. The molecule has 3 N–H and O–H groups in total. The third kappa shape index (κ3) is 15.3. The van der Waals surface area contributed by atoms with Gasteiger partial charge >= 0.3 is 6.09 Å². The van der Waals surface area contributed by atoms with E-state index in [1.165, 1.54) is 28.3 Å². The Labute approximate surface area is 148 Å². The van der Waals surface area contributed by atoms with Crippen molar-refractivity contribution in [2.24, 2.45) is 5.73 Å². The van der Waals surface area contributed by atoms with E-state index in [0.29, 0.717) is 0 Å². The van der Waals surface area contributed by atoms with E-state index in [1.54, 1.807) is 20.8 Å². The fourth-order valence-electron chi connectivity index (χ4n) is 0.905. The lowest BCUT2D eigenvalue weighted by atomic mass is 10.2. The van der Waals surface area contributed by atoms with Crippen LogP contribution in [-0.2, 0) is 24.0 Å². The first-order chi connectivity index (χ1) is 10.5. The minimum atomic E-state index is -0.625. The average Bonchev–Trinajstić information content (AvgIpc) is 2.48. The molecule has 0 aliphatic heterocycles.